The lowest BCUT2D eigenvalue weighted by atomic mass is 9.99. The summed E-state index contributed by atoms with van der Waals surface area (Å²) in [5.74, 6) is -0.511. The number of aliphatic hydroxyl groups excluding tert-OH is 4. The van der Waals surface area contributed by atoms with Crippen LogP contribution in [0.1, 0.15) is 39.7 Å². The Bertz CT molecular complexity index is 2690. The van der Waals surface area contributed by atoms with Gasteiger partial charge in [-0.15, -0.1) is 0 Å². The van der Waals surface area contributed by atoms with E-state index in [1.54, 1.807) is 66.7 Å². The van der Waals surface area contributed by atoms with E-state index < -0.39 is 61.2 Å². The average molecular weight is 919 g/mol. The number of aliphatic hydroxyl groups is 4. The molecule has 0 saturated carbocycles. The summed E-state index contributed by atoms with van der Waals surface area (Å²) in [4.78, 5) is 28.2. The van der Waals surface area contributed by atoms with Gasteiger partial charge in [0.05, 0.1) is 0 Å². The molecule has 4 unspecified atom stereocenters. The zero-order valence-corrected chi connectivity index (χ0v) is 36.3. The van der Waals surface area contributed by atoms with E-state index in [-0.39, 0.29) is 41.4 Å². The van der Waals surface area contributed by atoms with Gasteiger partial charge in [-0.05, 0) is 81.3 Å². The summed E-state index contributed by atoms with van der Waals surface area (Å²) in [6.45, 7) is 5.59. The smallest absolute Gasteiger partial charge is 0.292 e. The third kappa shape index (κ3) is 10.9. The topological polar surface area (TPSA) is 322 Å². The first kappa shape index (κ1) is 46.9. The highest BCUT2D eigenvalue weighted by Gasteiger charge is 2.58. The van der Waals surface area contributed by atoms with Crippen molar-refractivity contribution < 1.29 is 46.4 Å². The highest BCUT2D eigenvalue weighted by Crippen LogP contribution is 2.42. The fourth-order valence-corrected chi connectivity index (χ4v) is 9.13. The molecule has 5 aromatic rings. The van der Waals surface area contributed by atoms with Crippen molar-refractivity contribution in [3.8, 4) is 0 Å². The number of nitrogens with one attached hydrogen (secondary N) is 4. The van der Waals surface area contributed by atoms with E-state index in [2.05, 4.69) is 51.2 Å². The fourth-order valence-electron chi connectivity index (χ4n) is 6.53. The molecule has 24 heteroatoms. The Morgan fingerprint density at radius 2 is 0.906 bits per heavy atom. The van der Waals surface area contributed by atoms with E-state index >= 15 is 0 Å². The normalized spacial score (nSPS) is 15.8. The SMILES string of the molecule is CC(O)N(c1nc(NC2=CC=C(C=Cc3ccc(Nc4nc(Nc5ccccc5)nc(N(C(C)O)C(C)O)n4)cc3)C(S(=O)(=O)O)(S(=O)(=O)O)C2)nc(Nc2ccccc2)n1)C(C)O. The van der Waals surface area contributed by atoms with Crippen LogP contribution in [0.3, 0.4) is 0 Å². The number of hydrogen-bond donors (Lipinski definition) is 10. The molecule has 4 atom stereocenters. The molecule has 0 aliphatic heterocycles. The van der Waals surface area contributed by atoms with E-state index in [1.807, 2.05) is 18.2 Å². The number of rotatable bonds is 18. The van der Waals surface area contributed by atoms with E-state index in [0.29, 0.717) is 22.6 Å². The zero-order valence-electron chi connectivity index (χ0n) is 34.6. The lowest BCUT2D eigenvalue weighted by molar-refractivity contribution is 0.102. The van der Waals surface area contributed by atoms with Gasteiger partial charge in [0, 0.05) is 29.2 Å². The standard InChI is InChI=1S/C40H46N12O10S2/c1-24(53)51(25(2)54)38-47-34(41-30-11-7-5-8-12-30)45-36(49-38)43-32-20-16-28(17-21-32)15-18-29-19-22-33(23-40(29,63(57,58)59)64(60,61)62)44-37-46-35(42-31-13-9-6-10-14-31)48-39(50-37)52(26(3)55)27(4)56/h5-22,24-27,53-56H,23H2,1-4H3,(H,57,58,59)(H,60,61,62)(H2,41,43,45,47,49)(H2,42,44,46,48,50). The van der Waals surface area contributed by atoms with Gasteiger partial charge in [0.2, 0.25) is 35.7 Å². The molecule has 2 heterocycles. The number of anilines is 9. The molecule has 3 aromatic carbocycles. The van der Waals surface area contributed by atoms with Crippen LogP contribution in [0.25, 0.3) is 6.08 Å². The average Bonchev–Trinajstić information content (AvgIpc) is 3.20. The van der Waals surface area contributed by atoms with E-state index in [4.69, 9.17) is 0 Å². The van der Waals surface area contributed by atoms with Gasteiger partial charge < -0.3 is 41.7 Å². The molecule has 0 saturated heterocycles. The minimum atomic E-state index is -5.65. The monoisotopic (exact) mass is 918 g/mol. The van der Waals surface area contributed by atoms with Crippen molar-refractivity contribution in [2.45, 2.75) is 63.1 Å². The van der Waals surface area contributed by atoms with E-state index in [0.717, 1.165) is 17.1 Å². The lowest BCUT2D eigenvalue weighted by Gasteiger charge is -2.32. The molecule has 10 N–H and O–H groups in total. The summed E-state index contributed by atoms with van der Waals surface area (Å²) >= 11 is 0. The second kappa shape index (κ2) is 19.4. The Morgan fingerprint density at radius 1 is 0.531 bits per heavy atom. The molecule has 1 aliphatic carbocycles. The van der Waals surface area contributed by atoms with Crippen LogP contribution >= 0.6 is 0 Å². The predicted octanol–water partition coefficient (Wildman–Crippen LogP) is 4.06. The van der Waals surface area contributed by atoms with Crippen LogP contribution in [-0.4, -0.2) is 105 Å². The number of aromatic nitrogens is 6. The quantitative estimate of drug-likeness (QED) is 0.0437. The Hall–Kier alpha value is -6.64. The molecule has 338 valence electrons. The van der Waals surface area contributed by atoms with Crippen molar-refractivity contribution in [3.05, 3.63) is 120 Å². The first-order valence-electron chi connectivity index (χ1n) is 19.4. The van der Waals surface area contributed by atoms with Gasteiger partial charge in [0.25, 0.3) is 24.3 Å². The van der Waals surface area contributed by atoms with E-state index in [1.165, 1.54) is 44.7 Å². The van der Waals surface area contributed by atoms with Gasteiger partial charge >= 0.3 is 0 Å². The maximum absolute atomic E-state index is 13.1. The summed E-state index contributed by atoms with van der Waals surface area (Å²) < 4.78 is 70.3. The largest absolute Gasteiger partial charge is 0.374 e. The van der Waals surface area contributed by atoms with Crippen LogP contribution in [0.2, 0.25) is 0 Å². The minimum absolute atomic E-state index is 0.0352. The Morgan fingerprint density at radius 3 is 1.28 bits per heavy atom. The molecule has 1 aliphatic rings. The molecule has 64 heavy (non-hydrogen) atoms. The second-order valence-corrected chi connectivity index (χ2v) is 17.8. The number of benzene rings is 3. The van der Waals surface area contributed by atoms with Crippen LogP contribution in [0.5, 0.6) is 0 Å². The van der Waals surface area contributed by atoms with Gasteiger partial charge in [-0.3, -0.25) is 18.9 Å². The number of allylic oxidation sites excluding steroid dienone is 4. The van der Waals surface area contributed by atoms with Crippen molar-refractivity contribution in [1.82, 2.24) is 29.9 Å². The lowest BCUT2D eigenvalue weighted by Crippen LogP contribution is -2.49. The highest BCUT2D eigenvalue weighted by molar-refractivity contribution is 8.05. The molecule has 22 nitrogen and oxygen atoms in total. The zero-order chi connectivity index (χ0) is 46.4. The van der Waals surface area contributed by atoms with Crippen LogP contribution < -0.4 is 31.1 Å². The Kier molecular flexibility index (Phi) is 14.2. The van der Waals surface area contributed by atoms with Gasteiger partial charge in [-0.25, -0.2) is 0 Å². The summed E-state index contributed by atoms with van der Waals surface area (Å²) in [6.07, 6.45) is -1.13. The summed E-state index contributed by atoms with van der Waals surface area (Å²) in [5.41, 5.74) is 1.39. The third-order valence-corrected chi connectivity index (χ3v) is 13.1. The Labute approximate surface area is 368 Å². The number of nitrogens with zero attached hydrogens (tertiary/aromatic N) is 8. The first-order valence-corrected chi connectivity index (χ1v) is 22.2. The van der Waals surface area contributed by atoms with Crippen molar-refractivity contribution in [2.75, 3.05) is 31.1 Å². The van der Waals surface area contributed by atoms with Crippen molar-refractivity contribution in [2.24, 2.45) is 0 Å². The van der Waals surface area contributed by atoms with Crippen LogP contribution in [0, 0.1) is 0 Å². The minimum Gasteiger partial charge on any atom is -0.374 e. The first-order chi connectivity index (χ1) is 30.2. The molecule has 0 amide bonds. The molecular weight excluding hydrogens is 873 g/mol. The van der Waals surface area contributed by atoms with Crippen molar-refractivity contribution in [3.63, 3.8) is 0 Å². The van der Waals surface area contributed by atoms with Gasteiger partial charge in [0.15, 0.2) is 0 Å². The van der Waals surface area contributed by atoms with Gasteiger partial charge in [0.1, 0.15) is 24.9 Å². The number of para-hydroxylation sites is 2. The molecule has 0 radical (unpaired) electrons. The molecular formula is C40H46N12O10S2. The third-order valence-electron chi connectivity index (χ3n) is 9.43. The molecule has 2 aromatic heterocycles. The molecule has 6 rings (SSSR count). The van der Waals surface area contributed by atoms with Crippen LogP contribution in [-0.2, 0) is 20.2 Å². The predicted molar refractivity (Wildman–Crippen MR) is 240 cm³/mol. The maximum atomic E-state index is 13.1. The fraction of sp³-hybridized carbons (Fsp3) is 0.250. The summed E-state index contributed by atoms with van der Waals surface area (Å²) in [7, 11) is -11.3. The van der Waals surface area contributed by atoms with E-state index in [9.17, 15) is 46.4 Å². The van der Waals surface area contributed by atoms with Gasteiger partial charge in [-0.1, -0.05) is 66.8 Å². The Balaban J connectivity index is 1.31. The molecule has 0 fully saturated rings. The maximum Gasteiger partial charge on any atom is 0.292 e. The second-order valence-electron chi connectivity index (χ2n) is 14.3. The molecule has 0 spiro atoms. The summed E-state index contributed by atoms with van der Waals surface area (Å²) in [5, 5.41) is 53.3. The van der Waals surface area contributed by atoms with Crippen LogP contribution in [0.15, 0.2) is 114 Å². The van der Waals surface area contributed by atoms with Crippen molar-refractivity contribution in [1.29, 1.82) is 0 Å². The highest BCUT2D eigenvalue weighted by atomic mass is 32.3. The molecule has 0 bridgehead atoms. The van der Waals surface area contributed by atoms with Gasteiger partial charge in [-0.2, -0.15) is 46.7 Å². The summed E-state index contributed by atoms with van der Waals surface area (Å²) in [6, 6.07) is 24.1. The number of hydrogen-bond acceptors (Lipinski definition) is 20. The van der Waals surface area contributed by atoms with Crippen molar-refractivity contribution >= 4 is 79.1 Å². The van der Waals surface area contributed by atoms with Crippen LogP contribution in [0.4, 0.5) is 52.8 Å².